The first-order valence-corrected chi connectivity index (χ1v) is 6.02. The first-order chi connectivity index (χ1) is 7.79. The highest BCUT2D eigenvalue weighted by molar-refractivity contribution is 9.09. The van der Waals surface area contributed by atoms with Gasteiger partial charge in [0.1, 0.15) is 5.82 Å². The lowest BCUT2D eigenvalue weighted by molar-refractivity contribution is -0.141. The van der Waals surface area contributed by atoms with Gasteiger partial charge >= 0.3 is 6.18 Å². The van der Waals surface area contributed by atoms with Gasteiger partial charge in [-0.1, -0.05) is 22.9 Å². The standard InChI is InChI=1S/C10H13BrF3N3/c1-6(11)5-7(2)15-9-4-3-8(16-17-9)10(12,13)14/h3-4,6-7H,5H2,1-2H3,(H,15,17). The first-order valence-electron chi connectivity index (χ1n) is 5.10. The Balaban J connectivity index is 2.63. The second-order valence-electron chi connectivity index (χ2n) is 3.86. The van der Waals surface area contributed by atoms with E-state index in [1.54, 1.807) is 0 Å². The van der Waals surface area contributed by atoms with Crippen molar-refractivity contribution in [2.24, 2.45) is 0 Å². The highest BCUT2D eigenvalue weighted by atomic mass is 79.9. The number of halogens is 4. The van der Waals surface area contributed by atoms with E-state index in [-0.39, 0.29) is 6.04 Å². The number of aromatic nitrogens is 2. The maximum Gasteiger partial charge on any atom is 0.435 e. The fourth-order valence-electron chi connectivity index (χ4n) is 1.36. The highest BCUT2D eigenvalue weighted by Gasteiger charge is 2.32. The van der Waals surface area contributed by atoms with Crippen molar-refractivity contribution in [1.29, 1.82) is 0 Å². The molecule has 0 spiro atoms. The van der Waals surface area contributed by atoms with Crippen LogP contribution >= 0.6 is 15.9 Å². The smallest absolute Gasteiger partial charge is 0.366 e. The number of nitrogens with zero attached hydrogens (tertiary/aromatic N) is 2. The van der Waals surface area contributed by atoms with E-state index < -0.39 is 11.9 Å². The van der Waals surface area contributed by atoms with Gasteiger partial charge in [0.2, 0.25) is 0 Å². The molecule has 7 heteroatoms. The van der Waals surface area contributed by atoms with Gasteiger partial charge < -0.3 is 5.32 Å². The maximum atomic E-state index is 12.2. The molecule has 0 aromatic carbocycles. The summed E-state index contributed by atoms with van der Waals surface area (Å²) in [4.78, 5) is 0.326. The zero-order chi connectivity index (χ0) is 13.1. The number of hydrogen-bond acceptors (Lipinski definition) is 3. The van der Waals surface area contributed by atoms with Gasteiger partial charge in [-0.05, 0) is 25.5 Å². The Bertz CT molecular complexity index is 351. The van der Waals surface area contributed by atoms with Crippen LogP contribution in [0.15, 0.2) is 12.1 Å². The van der Waals surface area contributed by atoms with Crippen molar-refractivity contribution in [3.05, 3.63) is 17.8 Å². The van der Waals surface area contributed by atoms with Crippen molar-refractivity contribution in [1.82, 2.24) is 10.2 Å². The lowest BCUT2D eigenvalue weighted by Crippen LogP contribution is -2.20. The average Bonchev–Trinajstić information content (AvgIpc) is 2.15. The molecule has 0 bridgehead atoms. The molecule has 0 saturated heterocycles. The fraction of sp³-hybridized carbons (Fsp3) is 0.600. The largest absolute Gasteiger partial charge is 0.435 e. The molecule has 0 radical (unpaired) electrons. The number of rotatable bonds is 4. The summed E-state index contributed by atoms with van der Waals surface area (Å²) < 4.78 is 36.7. The van der Waals surface area contributed by atoms with Crippen LogP contribution in [-0.4, -0.2) is 21.1 Å². The molecule has 3 nitrogen and oxygen atoms in total. The Kier molecular flexibility index (Phi) is 4.73. The second kappa shape index (κ2) is 5.66. The van der Waals surface area contributed by atoms with E-state index in [1.807, 2.05) is 13.8 Å². The van der Waals surface area contributed by atoms with Crippen molar-refractivity contribution < 1.29 is 13.2 Å². The summed E-state index contributed by atoms with van der Waals surface area (Å²) in [5.74, 6) is 0.346. The lowest BCUT2D eigenvalue weighted by Gasteiger charge is -2.15. The highest BCUT2D eigenvalue weighted by Crippen LogP contribution is 2.27. The average molecular weight is 312 g/mol. The molecule has 1 rings (SSSR count). The summed E-state index contributed by atoms with van der Waals surface area (Å²) >= 11 is 3.40. The van der Waals surface area contributed by atoms with Crippen LogP contribution in [0.2, 0.25) is 0 Å². The molecule has 96 valence electrons. The van der Waals surface area contributed by atoms with E-state index in [0.717, 1.165) is 12.5 Å². The van der Waals surface area contributed by atoms with E-state index in [0.29, 0.717) is 10.6 Å². The molecule has 1 aromatic rings. The first kappa shape index (κ1) is 14.2. The Labute approximate surface area is 106 Å². The monoisotopic (exact) mass is 311 g/mol. The number of nitrogens with one attached hydrogen (secondary N) is 1. The van der Waals surface area contributed by atoms with E-state index in [4.69, 9.17) is 0 Å². The summed E-state index contributed by atoms with van der Waals surface area (Å²) in [5, 5.41) is 9.61. The fourth-order valence-corrected chi connectivity index (χ4v) is 1.92. The number of hydrogen-bond donors (Lipinski definition) is 1. The molecule has 1 N–H and O–H groups in total. The predicted octanol–water partition coefficient (Wildman–Crippen LogP) is 3.47. The van der Waals surface area contributed by atoms with Crippen LogP contribution in [0.1, 0.15) is 26.0 Å². The van der Waals surface area contributed by atoms with E-state index in [9.17, 15) is 13.2 Å². The van der Waals surface area contributed by atoms with Crippen molar-refractivity contribution >= 4 is 21.7 Å². The lowest BCUT2D eigenvalue weighted by atomic mass is 10.2. The molecule has 2 atom stereocenters. The minimum atomic E-state index is -4.44. The third-order valence-corrected chi connectivity index (χ3v) is 2.40. The van der Waals surface area contributed by atoms with Gasteiger partial charge in [0.25, 0.3) is 0 Å². The zero-order valence-electron chi connectivity index (χ0n) is 9.42. The third kappa shape index (κ3) is 4.89. The van der Waals surface area contributed by atoms with E-state index >= 15 is 0 Å². The number of alkyl halides is 4. The third-order valence-electron chi connectivity index (χ3n) is 2.03. The number of anilines is 1. The Hall–Kier alpha value is -0.850. The van der Waals surface area contributed by atoms with E-state index in [2.05, 4.69) is 31.4 Å². The summed E-state index contributed by atoms with van der Waals surface area (Å²) in [6.07, 6.45) is -3.61. The van der Waals surface area contributed by atoms with Gasteiger partial charge in [0, 0.05) is 10.9 Å². The summed E-state index contributed by atoms with van der Waals surface area (Å²) in [5.41, 5.74) is -0.982. The van der Waals surface area contributed by atoms with Crippen LogP contribution in [0.25, 0.3) is 0 Å². The second-order valence-corrected chi connectivity index (χ2v) is 5.43. The topological polar surface area (TPSA) is 37.8 Å². The molecule has 0 aliphatic rings. The zero-order valence-corrected chi connectivity index (χ0v) is 11.0. The van der Waals surface area contributed by atoms with Crippen LogP contribution < -0.4 is 5.32 Å². The summed E-state index contributed by atoms with van der Waals surface area (Å²) in [6, 6.07) is 2.31. The molecular formula is C10H13BrF3N3. The SMILES string of the molecule is CC(Br)CC(C)Nc1ccc(C(F)(F)F)nn1. The molecule has 0 fully saturated rings. The molecule has 0 amide bonds. The normalized spacial score (nSPS) is 15.4. The van der Waals surface area contributed by atoms with Gasteiger partial charge in [-0.25, -0.2) is 0 Å². The predicted molar refractivity (Wildman–Crippen MR) is 63.1 cm³/mol. The van der Waals surface area contributed by atoms with Crippen LogP contribution in [0, 0.1) is 0 Å². The van der Waals surface area contributed by atoms with Crippen molar-refractivity contribution in [3.8, 4) is 0 Å². The van der Waals surface area contributed by atoms with Crippen molar-refractivity contribution in [2.45, 2.75) is 37.3 Å². The molecular weight excluding hydrogens is 299 g/mol. The minimum Gasteiger partial charge on any atom is -0.366 e. The van der Waals surface area contributed by atoms with Gasteiger partial charge in [-0.2, -0.15) is 13.2 Å². The molecule has 2 unspecified atom stereocenters. The Morgan fingerprint density at radius 3 is 2.35 bits per heavy atom. The van der Waals surface area contributed by atoms with E-state index in [1.165, 1.54) is 6.07 Å². The Morgan fingerprint density at radius 1 is 1.29 bits per heavy atom. The summed E-state index contributed by atoms with van der Waals surface area (Å²) in [7, 11) is 0. The van der Waals surface area contributed by atoms with Crippen molar-refractivity contribution in [3.63, 3.8) is 0 Å². The van der Waals surface area contributed by atoms with Crippen LogP contribution in [0.3, 0.4) is 0 Å². The molecule has 0 aliphatic carbocycles. The van der Waals surface area contributed by atoms with Crippen LogP contribution in [0.5, 0.6) is 0 Å². The molecule has 17 heavy (non-hydrogen) atoms. The minimum absolute atomic E-state index is 0.107. The van der Waals surface area contributed by atoms with Crippen LogP contribution in [0.4, 0.5) is 19.0 Å². The van der Waals surface area contributed by atoms with Gasteiger partial charge in [0.15, 0.2) is 5.69 Å². The van der Waals surface area contributed by atoms with Gasteiger partial charge in [-0.15, -0.1) is 10.2 Å². The van der Waals surface area contributed by atoms with Gasteiger partial charge in [-0.3, -0.25) is 0 Å². The molecule has 0 saturated carbocycles. The van der Waals surface area contributed by atoms with Crippen molar-refractivity contribution in [2.75, 3.05) is 5.32 Å². The molecule has 1 aromatic heterocycles. The molecule has 0 aliphatic heterocycles. The Morgan fingerprint density at radius 2 is 1.94 bits per heavy atom. The maximum absolute atomic E-state index is 12.2. The van der Waals surface area contributed by atoms with Crippen LogP contribution in [-0.2, 0) is 6.18 Å². The quantitative estimate of drug-likeness (QED) is 0.865. The molecule has 1 heterocycles. The van der Waals surface area contributed by atoms with Gasteiger partial charge in [0.05, 0.1) is 0 Å². The summed E-state index contributed by atoms with van der Waals surface area (Å²) in [6.45, 7) is 3.92.